The molecule has 8 heteroatoms. The number of anilines is 1. The molecule has 0 spiro atoms. The van der Waals surface area contributed by atoms with Gasteiger partial charge in [-0.15, -0.1) is 0 Å². The van der Waals surface area contributed by atoms with Gasteiger partial charge in [0.1, 0.15) is 6.07 Å². The van der Waals surface area contributed by atoms with Gasteiger partial charge in [-0.2, -0.15) is 5.26 Å². The van der Waals surface area contributed by atoms with Gasteiger partial charge in [0.25, 0.3) is 0 Å². The van der Waals surface area contributed by atoms with Crippen molar-refractivity contribution in [1.29, 1.82) is 5.26 Å². The zero-order chi connectivity index (χ0) is 17.4. The van der Waals surface area contributed by atoms with Crippen LogP contribution in [0.15, 0.2) is 18.3 Å². The lowest BCUT2D eigenvalue weighted by Gasteiger charge is -2.16. The number of hydrogen-bond donors (Lipinski definition) is 2. The van der Waals surface area contributed by atoms with Crippen LogP contribution in [0, 0.1) is 11.3 Å². The Morgan fingerprint density at radius 1 is 1.46 bits per heavy atom. The topological polar surface area (TPSA) is 120 Å². The first-order valence-corrected chi connectivity index (χ1v) is 7.09. The lowest BCUT2D eigenvalue weighted by Crippen LogP contribution is -2.13. The standard InChI is InChI=1S/C16H15N3O5/c1-8(20)10-3-12-13(24-7-23-12)4-11(10)19-6-9(5-17)14(18)15(19)16(21)22-2/h3-4,6,8,20H,7,18H2,1-2H3. The summed E-state index contributed by atoms with van der Waals surface area (Å²) < 4.78 is 16.9. The summed E-state index contributed by atoms with van der Waals surface area (Å²) in [6, 6.07) is 5.19. The van der Waals surface area contributed by atoms with Crippen molar-refractivity contribution in [3.8, 4) is 23.3 Å². The molecule has 1 aliphatic heterocycles. The van der Waals surface area contributed by atoms with E-state index in [9.17, 15) is 15.2 Å². The van der Waals surface area contributed by atoms with Crippen LogP contribution < -0.4 is 15.2 Å². The van der Waals surface area contributed by atoms with E-state index in [4.69, 9.17) is 19.9 Å². The number of aromatic nitrogens is 1. The highest BCUT2D eigenvalue weighted by atomic mass is 16.7. The van der Waals surface area contributed by atoms with Gasteiger partial charge in [-0.1, -0.05) is 0 Å². The van der Waals surface area contributed by atoms with Gasteiger partial charge in [0.05, 0.1) is 30.2 Å². The fourth-order valence-corrected chi connectivity index (χ4v) is 2.59. The third-order valence-corrected chi connectivity index (χ3v) is 3.78. The molecule has 1 aliphatic rings. The first-order chi connectivity index (χ1) is 11.5. The van der Waals surface area contributed by atoms with Crippen molar-refractivity contribution >= 4 is 11.7 Å². The molecule has 0 bridgehead atoms. The number of esters is 1. The van der Waals surface area contributed by atoms with Crippen LogP contribution in [0.4, 0.5) is 5.69 Å². The molecular weight excluding hydrogens is 314 g/mol. The number of aliphatic hydroxyl groups excluding tert-OH is 1. The van der Waals surface area contributed by atoms with Crippen molar-refractivity contribution in [1.82, 2.24) is 4.57 Å². The smallest absolute Gasteiger partial charge is 0.357 e. The van der Waals surface area contributed by atoms with E-state index >= 15 is 0 Å². The molecule has 0 fully saturated rings. The van der Waals surface area contributed by atoms with Gasteiger partial charge in [0, 0.05) is 17.8 Å². The number of benzene rings is 1. The second kappa shape index (κ2) is 5.79. The van der Waals surface area contributed by atoms with Gasteiger partial charge in [0.2, 0.25) is 6.79 Å². The highest BCUT2D eigenvalue weighted by molar-refractivity contribution is 5.96. The van der Waals surface area contributed by atoms with E-state index < -0.39 is 12.1 Å². The number of carbonyl (C=O) groups is 1. The number of nitrogens with two attached hydrogens (primary N) is 1. The zero-order valence-corrected chi connectivity index (χ0v) is 13.1. The number of ether oxygens (including phenoxy) is 3. The summed E-state index contributed by atoms with van der Waals surface area (Å²) in [5.74, 6) is 0.272. The Labute approximate surface area is 137 Å². The molecule has 0 radical (unpaired) electrons. The van der Waals surface area contributed by atoms with Gasteiger partial charge in [-0.05, 0) is 13.0 Å². The second-order valence-electron chi connectivity index (χ2n) is 5.22. The number of hydrogen-bond acceptors (Lipinski definition) is 7. The van der Waals surface area contributed by atoms with E-state index in [2.05, 4.69) is 0 Å². The number of fused-ring (bicyclic) bond motifs is 1. The van der Waals surface area contributed by atoms with Gasteiger partial charge >= 0.3 is 5.97 Å². The molecule has 2 aromatic rings. The van der Waals surface area contributed by atoms with Crippen LogP contribution in [0.5, 0.6) is 11.5 Å². The van der Waals surface area contributed by atoms with E-state index in [0.717, 1.165) is 0 Å². The molecule has 0 saturated carbocycles. The maximum atomic E-state index is 12.1. The third kappa shape index (κ3) is 2.31. The molecule has 2 heterocycles. The van der Waals surface area contributed by atoms with Gasteiger partial charge < -0.3 is 29.6 Å². The first kappa shape index (κ1) is 15.7. The number of nitrogen functional groups attached to an aromatic ring is 1. The van der Waals surface area contributed by atoms with Crippen LogP contribution in [0.25, 0.3) is 5.69 Å². The number of rotatable bonds is 3. The molecule has 8 nitrogen and oxygen atoms in total. The molecular formula is C16H15N3O5. The molecule has 0 aliphatic carbocycles. The van der Waals surface area contributed by atoms with E-state index in [1.807, 2.05) is 6.07 Å². The van der Waals surface area contributed by atoms with E-state index in [1.165, 1.54) is 17.9 Å². The van der Waals surface area contributed by atoms with Crippen LogP contribution in [-0.4, -0.2) is 29.5 Å². The highest BCUT2D eigenvalue weighted by Crippen LogP contribution is 2.39. The lowest BCUT2D eigenvalue weighted by atomic mass is 10.1. The van der Waals surface area contributed by atoms with E-state index in [1.54, 1.807) is 19.1 Å². The minimum Gasteiger partial charge on any atom is -0.464 e. The average molecular weight is 329 g/mol. The third-order valence-electron chi connectivity index (χ3n) is 3.78. The summed E-state index contributed by atoms with van der Waals surface area (Å²) in [6.07, 6.45) is 0.569. The average Bonchev–Trinajstić information content (AvgIpc) is 3.16. The van der Waals surface area contributed by atoms with Gasteiger partial charge in [-0.25, -0.2) is 4.79 Å². The van der Waals surface area contributed by atoms with Gasteiger partial charge in [0.15, 0.2) is 17.2 Å². The summed E-state index contributed by atoms with van der Waals surface area (Å²) in [4.78, 5) is 12.1. The monoisotopic (exact) mass is 329 g/mol. The Hall–Kier alpha value is -3.18. The Kier molecular flexibility index (Phi) is 3.79. The largest absolute Gasteiger partial charge is 0.464 e. The molecule has 1 aromatic heterocycles. The number of aliphatic hydroxyl groups is 1. The summed E-state index contributed by atoms with van der Waals surface area (Å²) >= 11 is 0. The molecule has 1 atom stereocenters. The Morgan fingerprint density at radius 2 is 2.12 bits per heavy atom. The number of nitrogens with zero attached hydrogens (tertiary/aromatic N) is 2. The van der Waals surface area contributed by atoms with E-state index in [0.29, 0.717) is 22.7 Å². The Morgan fingerprint density at radius 3 is 2.71 bits per heavy atom. The fraction of sp³-hybridized carbons (Fsp3) is 0.250. The van der Waals surface area contributed by atoms with Crippen LogP contribution in [0.3, 0.4) is 0 Å². The molecule has 0 saturated heterocycles. The zero-order valence-electron chi connectivity index (χ0n) is 13.1. The lowest BCUT2D eigenvalue weighted by molar-refractivity contribution is 0.0592. The van der Waals surface area contributed by atoms with Crippen LogP contribution in [-0.2, 0) is 4.74 Å². The first-order valence-electron chi connectivity index (χ1n) is 7.09. The van der Waals surface area contributed by atoms with Crippen molar-refractivity contribution < 1.29 is 24.1 Å². The summed E-state index contributed by atoms with van der Waals surface area (Å²) in [6.45, 7) is 1.65. The summed E-state index contributed by atoms with van der Waals surface area (Å²) in [5.41, 5.74) is 6.99. The van der Waals surface area contributed by atoms with Crippen molar-refractivity contribution in [2.75, 3.05) is 19.6 Å². The van der Waals surface area contributed by atoms with Crippen LogP contribution >= 0.6 is 0 Å². The van der Waals surface area contributed by atoms with Gasteiger partial charge in [-0.3, -0.25) is 0 Å². The summed E-state index contributed by atoms with van der Waals surface area (Å²) in [5, 5.41) is 19.3. The number of carbonyl (C=O) groups excluding carboxylic acids is 1. The fourth-order valence-electron chi connectivity index (χ4n) is 2.59. The number of methoxy groups -OCH3 is 1. The van der Waals surface area contributed by atoms with E-state index in [-0.39, 0.29) is 23.7 Å². The molecule has 3 N–H and O–H groups in total. The Bertz CT molecular complexity index is 864. The van der Waals surface area contributed by atoms with Crippen molar-refractivity contribution in [2.24, 2.45) is 0 Å². The highest BCUT2D eigenvalue weighted by Gasteiger charge is 2.26. The molecule has 1 aromatic carbocycles. The second-order valence-corrected chi connectivity index (χ2v) is 5.22. The predicted molar refractivity (Wildman–Crippen MR) is 83.0 cm³/mol. The summed E-state index contributed by atoms with van der Waals surface area (Å²) in [7, 11) is 1.22. The normalized spacial score (nSPS) is 13.4. The maximum absolute atomic E-state index is 12.1. The molecule has 0 amide bonds. The quantitative estimate of drug-likeness (QED) is 0.819. The molecule has 124 valence electrons. The minimum atomic E-state index is -0.853. The minimum absolute atomic E-state index is 0.00909. The molecule has 1 unspecified atom stereocenters. The maximum Gasteiger partial charge on any atom is 0.357 e. The van der Waals surface area contributed by atoms with Crippen molar-refractivity contribution in [2.45, 2.75) is 13.0 Å². The van der Waals surface area contributed by atoms with Crippen LogP contribution in [0.1, 0.15) is 34.6 Å². The molecule has 3 rings (SSSR count). The SMILES string of the molecule is COC(=O)c1c(N)c(C#N)cn1-c1cc2c(cc1C(C)O)OCO2. The van der Waals surface area contributed by atoms with Crippen molar-refractivity contribution in [3.63, 3.8) is 0 Å². The predicted octanol–water partition coefficient (Wildman–Crippen LogP) is 1.50. The molecule has 24 heavy (non-hydrogen) atoms. The van der Waals surface area contributed by atoms with Crippen molar-refractivity contribution in [3.05, 3.63) is 35.2 Å². The Balaban J connectivity index is 2.30. The van der Waals surface area contributed by atoms with Crippen LogP contribution in [0.2, 0.25) is 0 Å². The number of nitriles is 1.